The van der Waals surface area contributed by atoms with Crippen molar-refractivity contribution in [2.24, 2.45) is 5.73 Å². The molecule has 0 unspecified atom stereocenters. The fraction of sp³-hybridized carbons (Fsp3) is 0.357. The van der Waals surface area contributed by atoms with Gasteiger partial charge in [-0.1, -0.05) is 12.2 Å². The Balaban J connectivity index is 1.73. The number of nitrogens with two attached hydrogens (primary N) is 1. The van der Waals surface area contributed by atoms with Crippen molar-refractivity contribution >= 4 is 39.5 Å². The van der Waals surface area contributed by atoms with Crippen molar-refractivity contribution in [3.8, 4) is 0 Å². The Morgan fingerprint density at radius 2 is 1.95 bits per heavy atom. The molecule has 0 bridgehead atoms. The van der Waals surface area contributed by atoms with E-state index in [4.69, 9.17) is 18.0 Å². The number of anilines is 2. The first kappa shape index (κ1) is 14.2. The van der Waals surface area contributed by atoms with E-state index in [9.17, 15) is 0 Å². The Hall–Kier alpha value is -1.73. The van der Waals surface area contributed by atoms with E-state index in [1.165, 1.54) is 0 Å². The molecule has 2 N–H and O–H groups in total. The van der Waals surface area contributed by atoms with Gasteiger partial charge in [0.2, 0.25) is 0 Å². The first-order valence-electron chi connectivity index (χ1n) is 6.81. The summed E-state index contributed by atoms with van der Waals surface area (Å²) in [6.45, 7) is 5.72. The number of nitrogens with zero attached hydrogens (tertiary/aromatic N) is 4. The van der Waals surface area contributed by atoms with Crippen LogP contribution in [0.25, 0.3) is 0 Å². The molecule has 0 radical (unpaired) electrons. The summed E-state index contributed by atoms with van der Waals surface area (Å²) in [5.74, 6) is 0.955. The highest BCUT2D eigenvalue weighted by atomic mass is 32.1. The number of pyridine rings is 1. The van der Waals surface area contributed by atoms with Crippen molar-refractivity contribution < 1.29 is 0 Å². The second kappa shape index (κ2) is 5.95. The monoisotopic (exact) mass is 319 g/mol. The zero-order valence-electron chi connectivity index (χ0n) is 11.8. The van der Waals surface area contributed by atoms with Crippen LogP contribution in [0.15, 0.2) is 23.7 Å². The Morgan fingerprint density at radius 1 is 1.24 bits per heavy atom. The summed E-state index contributed by atoms with van der Waals surface area (Å²) in [5, 5.41) is 3.11. The van der Waals surface area contributed by atoms with E-state index >= 15 is 0 Å². The maximum atomic E-state index is 5.74. The third-order valence-electron chi connectivity index (χ3n) is 3.52. The minimum absolute atomic E-state index is 0.420. The van der Waals surface area contributed by atoms with Crippen LogP contribution in [-0.2, 0) is 0 Å². The first-order valence-corrected chi connectivity index (χ1v) is 8.10. The lowest BCUT2D eigenvalue weighted by molar-refractivity contribution is 0.645. The normalized spacial score (nSPS) is 15.3. The lowest BCUT2D eigenvalue weighted by atomic mass is 10.2. The van der Waals surface area contributed by atoms with E-state index in [1.54, 1.807) is 11.3 Å². The average molecular weight is 319 g/mol. The molecule has 0 saturated carbocycles. The molecular formula is C14H17N5S2. The van der Waals surface area contributed by atoms with Crippen molar-refractivity contribution in [2.75, 3.05) is 36.0 Å². The van der Waals surface area contributed by atoms with E-state index in [1.807, 2.05) is 30.6 Å². The highest BCUT2D eigenvalue weighted by Crippen LogP contribution is 2.22. The van der Waals surface area contributed by atoms with E-state index in [2.05, 4.69) is 19.8 Å². The maximum Gasteiger partial charge on any atom is 0.185 e. The Morgan fingerprint density at radius 3 is 2.57 bits per heavy atom. The molecular weight excluding hydrogens is 302 g/mol. The first-order chi connectivity index (χ1) is 10.1. The minimum Gasteiger partial charge on any atom is -0.389 e. The number of aromatic nitrogens is 2. The third-order valence-corrected chi connectivity index (χ3v) is 4.59. The molecule has 110 valence electrons. The molecule has 1 aliphatic heterocycles. The van der Waals surface area contributed by atoms with Gasteiger partial charge in [-0.25, -0.2) is 9.97 Å². The third kappa shape index (κ3) is 3.14. The molecule has 7 heteroatoms. The summed E-state index contributed by atoms with van der Waals surface area (Å²) in [5.41, 5.74) is 7.56. The zero-order chi connectivity index (χ0) is 14.8. The number of rotatable bonds is 3. The van der Waals surface area contributed by atoms with Crippen molar-refractivity contribution in [3.63, 3.8) is 0 Å². The molecule has 3 heterocycles. The van der Waals surface area contributed by atoms with Crippen LogP contribution in [0.3, 0.4) is 0 Å². The standard InChI is InChI=1S/C14H17N5S2/c1-10-8-11(13(15)20)9-12(17-10)18-3-5-19(6-4-18)14-16-2-7-21-14/h2,7-9H,3-6H2,1H3,(H2,15,20). The molecule has 3 rings (SSSR count). The molecule has 1 aliphatic rings. The molecule has 2 aromatic heterocycles. The smallest absolute Gasteiger partial charge is 0.185 e. The fourth-order valence-electron chi connectivity index (χ4n) is 2.45. The second-order valence-electron chi connectivity index (χ2n) is 5.01. The molecule has 2 aromatic rings. The van der Waals surface area contributed by atoms with E-state index in [0.29, 0.717) is 4.99 Å². The summed E-state index contributed by atoms with van der Waals surface area (Å²) in [7, 11) is 0. The van der Waals surface area contributed by atoms with Crippen LogP contribution in [-0.4, -0.2) is 41.1 Å². The zero-order valence-corrected chi connectivity index (χ0v) is 13.5. The summed E-state index contributed by atoms with van der Waals surface area (Å²) < 4.78 is 0. The van der Waals surface area contributed by atoms with E-state index in [0.717, 1.165) is 48.4 Å². The fourth-order valence-corrected chi connectivity index (χ4v) is 3.27. The van der Waals surface area contributed by atoms with E-state index in [-0.39, 0.29) is 0 Å². The Bertz CT molecular complexity index is 633. The van der Waals surface area contributed by atoms with Gasteiger partial charge in [-0.3, -0.25) is 0 Å². The maximum absolute atomic E-state index is 5.74. The lowest BCUT2D eigenvalue weighted by Gasteiger charge is -2.35. The topological polar surface area (TPSA) is 58.3 Å². The summed E-state index contributed by atoms with van der Waals surface area (Å²) in [6.07, 6.45) is 1.85. The average Bonchev–Trinajstić information content (AvgIpc) is 3.01. The van der Waals surface area contributed by atoms with Crippen LogP contribution in [0.4, 0.5) is 10.9 Å². The second-order valence-corrected chi connectivity index (χ2v) is 6.32. The molecule has 21 heavy (non-hydrogen) atoms. The van der Waals surface area contributed by atoms with Gasteiger partial charge in [0.25, 0.3) is 0 Å². The molecule has 0 aliphatic carbocycles. The van der Waals surface area contributed by atoms with Crippen LogP contribution < -0.4 is 15.5 Å². The SMILES string of the molecule is Cc1cc(C(N)=S)cc(N2CCN(c3nccs3)CC2)n1. The van der Waals surface area contributed by atoms with Gasteiger partial charge in [0.05, 0.1) is 0 Å². The van der Waals surface area contributed by atoms with Gasteiger partial charge in [0.1, 0.15) is 10.8 Å². The molecule has 0 amide bonds. The van der Waals surface area contributed by atoms with Crippen LogP contribution in [0.1, 0.15) is 11.3 Å². The van der Waals surface area contributed by atoms with Crippen molar-refractivity contribution in [3.05, 3.63) is 35.0 Å². The molecule has 1 fully saturated rings. The van der Waals surface area contributed by atoms with E-state index < -0.39 is 0 Å². The van der Waals surface area contributed by atoms with Gasteiger partial charge in [-0.15, -0.1) is 11.3 Å². The number of thiazole rings is 1. The predicted octanol–water partition coefficient (Wildman–Crippen LogP) is 1.81. The number of piperazine rings is 1. The summed E-state index contributed by atoms with van der Waals surface area (Å²) in [6, 6.07) is 3.91. The van der Waals surface area contributed by atoms with Gasteiger partial charge >= 0.3 is 0 Å². The summed E-state index contributed by atoms with van der Waals surface area (Å²) in [4.78, 5) is 14.0. The largest absolute Gasteiger partial charge is 0.389 e. The van der Waals surface area contributed by atoms with Gasteiger partial charge in [-0.2, -0.15) is 0 Å². The van der Waals surface area contributed by atoms with Crippen LogP contribution in [0.5, 0.6) is 0 Å². The predicted molar refractivity (Wildman–Crippen MR) is 91.4 cm³/mol. The van der Waals surface area contributed by atoms with Crippen LogP contribution >= 0.6 is 23.6 Å². The van der Waals surface area contributed by atoms with Crippen LogP contribution in [0, 0.1) is 6.92 Å². The van der Waals surface area contributed by atoms with Crippen molar-refractivity contribution in [2.45, 2.75) is 6.92 Å². The molecule has 0 aromatic carbocycles. The highest BCUT2D eigenvalue weighted by Gasteiger charge is 2.20. The van der Waals surface area contributed by atoms with Crippen molar-refractivity contribution in [1.82, 2.24) is 9.97 Å². The number of aryl methyl sites for hydroxylation is 1. The van der Waals surface area contributed by atoms with Gasteiger partial charge in [-0.05, 0) is 19.1 Å². The quantitative estimate of drug-likeness (QED) is 0.871. The number of thiocarbonyl (C=S) groups is 1. The van der Waals surface area contributed by atoms with Crippen molar-refractivity contribution in [1.29, 1.82) is 0 Å². The Labute approximate surface area is 133 Å². The van der Waals surface area contributed by atoms with Gasteiger partial charge < -0.3 is 15.5 Å². The molecule has 1 saturated heterocycles. The molecule has 5 nitrogen and oxygen atoms in total. The number of hydrogen-bond acceptors (Lipinski definition) is 6. The molecule has 0 spiro atoms. The number of hydrogen-bond donors (Lipinski definition) is 1. The van der Waals surface area contributed by atoms with Gasteiger partial charge in [0.15, 0.2) is 5.13 Å². The van der Waals surface area contributed by atoms with Gasteiger partial charge in [0, 0.05) is 49.0 Å². The summed E-state index contributed by atoms with van der Waals surface area (Å²) >= 11 is 6.75. The highest BCUT2D eigenvalue weighted by molar-refractivity contribution is 7.80. The van der Waals surface area contributed by atoms with Crippen LogP contribution in [0.2, 0.25) is 0 Å². The lowest BCUT2D eigenvalue weighted by Crippen LogP contribution is -2.46. The minimum atomic E-state index is 0.420. The molecule has 0 atom stereocenters. The Kier molecular flexibility index (Phi) is 4.03.